The Morgan fingerprint density at radius 2 is 0.681 bits per heavy atom. The van der Waals surface area contributed by atoms with Crippen molar-refractivity contribution in [3.63, 3.8) is 0 Å². The number of nitrogens with zero attached hydrogens (tertiary/aromatic N) is 1. The van der Waals surface area contributed by atoms with E-state index in [0.29, 0.717) is 134 Å². The molecule has 0 radical (unpaired) electrons. The van der Waals surface area contributed by atoms with Crippen LogP contribution in [0.2, 0.25) is 0 Å². The number of methoxy groups -OCH3 is 2. The van der Waals surface area contributed by atoms with Crippen LogP contribution in [0, 0.1) is 80.3 Å². The minimum Gasteiger partial charge on any atom is -0.481 e. The number of aliphatic hydroxyl groups is 4. The summed E-state index contributed by atoms with van der Waals surface area (Å²) in [5.74, 6) is -4.37. The van der Waals surface area contributed by atoms with Crippen LogP contribution in [0.4, 0.5) is 26.3 Å². The molecule has 20 saturated carbocycles. The van der Waals surface area contributed by atoms with Gasteiger partial charge in [0.1, 0.15) is 34.0 Å². The van der Waals surface area contributed by atoms with Crippen molar-refractivity contribution in [3.05, 3.63) is 0 Å². The molecule has 0 aromatic heterocycles. The number of nitrogens with two attached hydrogens (primary N) is 1. The largest absolute Gasteiger partial charge is 0.481 e. The molecule has 20 aliphatic carbocycles. The number of likely N-dealkylation sites (tertiary alicyclic amines) is 1. The zero-order valence-electron chi connectivity index (χ0n) is 56.0. The highest BCUT2D eigenvalue weighted by Gasteiger charge is 2.72. The Morgan fingerprint density at radius 1 is 0.415 bits per heavy atom. The Bertz CT molecular complexity index is 2780. The highest BCUT2D eigenvalue weighted by Crippen LogP contribution is 2.72. The molecule has 0 aromatic carbocycles. The maximum atomic E-state index is 15.1. The van der Waals surface area contributed by atoms with Gasteiger partial charge in [0.05, 0.1) is 72.3 Å². The highest BCUT2D eigenvalue weighted by molar-refractivity contribution is 6.43. The molecule has 530 valence electrons. The molecule has 1 amide bonds. The number of rotatable bonds is 11. The minimum absolute atomic E-state index is 0.00934. The van der Waals surface area contributed by atoms with Crippen molar-refractivity contribution in [2.24, 2.45) is 86.1 Å². The summed E-state index contributed by atoms with van der Waals surface area (Å²) in [6.45, 7) is 7.40. The van der Waals surface area contributed by atoms with Crippen LogP contribution in [0.3, 0.4) is 0 Å². The van der Waals surface area contributed by atoms with E-state index in [1.807, 2.05) is 6.92 Å². The van der Waals surface area contributed by atoms with E-state index in [0.717, 1.165) is 44.9 Å². The van der Waals surface area contributed by atoms with E-state index in [-0.39, 0.29) is 91.9 Å². The van der Waals surface area contributed by atoms with Gasteiger partial charge in [0, 0.05) is 44.1 Å². The molecule has 21 aliphatic rings. The van der Waals surface area contributed by atoms with Crippen LogP contribution >= 0.6 is 0 Å². The predicted molar refractivity (Wildman–Crippen MR) is 330 cm³/mol. The van der Waals surface area contributed by atoms with Gasteiger partial charge in [0.25, 0.3) is 0 Å². The minimum atomic E-state index is -1.61. The van der Waals surface area contributed by atoms with E-state index >= 15 is 8.78 Å². The van der Waals surface area contributed by atoms with Crippen molar-refractivity contribution in [3.8, 4) is 0 Å². The normalized spacial score (nSPS) is 51.3. The van der Waals surface area contributed by atoms with Gasteiger partial charge in [-0.25, -0.2) is 26.3 Å². The number of carboxylic acid groups (broad SMARTS) is 2. The lowest BCUT2D eigenvalue weighted by atomic mass is 9.43. The zero-order chi connectivity index (χ0) is 68.6. The average Bonchev–Trinajstić information content (AvgIpc) is 0.802. The van der Waals surface area contributed by atoms with E-state index < -0.39 is 127 Å². The third-order valence-corrected chi connectivity index (χ3v) is 28.4. The van der Waals surface area contributed by atoms with Gasteiger partial charge in [-0.3, -0.25) is 24.0 Å². The molecule has 0 spiro atoms. The molecule has 0 aromatic rings. The Labute approximate surface area is 548 Å². The quantitative estimate of drug-likeness (QED) is 0.0529. The fraction of sp³-hybridized carbons (Fsp3) is 0.929. The highest BCUT2D eigenvalue weighted by atomic mass is 19.2. The number of ether oxygens (including phenoxy) is 2. The van der Waals surface area contributed by atoms with Crippen molar-refractivity contribution >= 4 is 36.9 Å². The SMILES string of the molecule is COC(=O)[C@@H](C)C12CC3CC(F)(CC(F)(C3)C1)C2.COC(=O)[C@@H](C)C12CC3CC(O)(CC(O)(C3)C1)C2.C[C@H](C(=O)O)C12CC3CC(F)(CC(F)(C3)C1)C2.C[C@H](C(=O)O)C12CC3CC(O)(CC(O)(C3)C1)C2.N[C@H](C(=O)N1CCC[C@H]1B(O)O)C12CC3CC(F)(CC(F)(C3)C1)C2. The monoisotopic (exact) mass is 1340 g/mol. The molecule has 16 atom stereocenters. The van der Waals surface area contributed by atoms with Gasteiger partial charge in [-0.1, -0.05) is 27.7 Å². The summed E-state index contributed by atoms with van der Waals surface area (Å²) in [7, 11) is 1.14. The molecule has 21 fully saturated rings. The third-order valence-electron chi connectivity index (χ3n) is 28.4. The maximum Gasteiger partial charge on any atom is 0.475 e. The summed E-state index contributed by atoms with van der Waals surface area (Å²) in [5.41, 5.74) is -8.33. The van der Waals surface area contributed by atoms with E-state index in [2.05, 4.69) is 0 Å². The summed E-state index contributed by atoms with van der Waals surface area (Å²) >= 11 is 0. The second-order valence-electron chi connectivity index (χ2n) is 36.4. The van der Waals surface area contributed by atoms with Crippen LogP contribution in [-0.2, 0) is 33.4 Å². The lowest BCUT2D eigenvalue weighted by molar-refractivity contribution is -0.243. The van der Waals surface area contributed by atoms with Crippen molar-refractivity contribution in [1.82, 2.24) is 4.90 Å². The number of halogens is 6. The Hall–Kier alpha value is -3.29. The topological polar surface area (TPSA) is 295 Å². The molecular weight excluding hydrogens is 1230 g/mol. The van der Waals surface area contributed by atoms with Crippen molar-refractivity contribution < 1.29 is 100 Å². The Kier molecular flexibility index (Phi) is 17.2. The van der Waals surface area contributed by atoms with Crippen LogP contribution in [0.25, 0.3) is 0 Å². The van der Waals surface area contributed by atoms with Crippen molar-refractivity contribution in [2.75, 3.05) is 20.8 Å². The Balaban J connectivity index is 0.000000114. The van der Waals surface area contributed by atoms with Crippen LogP contribution in [0.15, 0.2) is 0 Å². The van der Waals surface area contributed by atoms with Crippen LogP contribution < -0.4 is 5.73 Å². The van der Waals surface area contributed by atoms with E-state index in [9.17, 15) is 77.1 Å². The first kappa shape index (κ1) is 70.6. The van der Waals surface area contributed by atoms with Crippen molar-refractivity contribution in [2.45, 2.75) is 302 Å². The fourth-order valence-electron chi connectivity index (χ4n) is 27.1. The molecule has 10 N–H and O–H groups in total. The number of alkyl halides is 6. The molecule has 1 heterocycles. The number of aliphatic carboxylic acids is 2. The van der Waals surface area contributed by atoms with Gasteiger partial charge in [0.2, 0.25) is 5.91 Å². The molecule has 1 saturated heterocycles. The molecule has 17 nitrogen and oxygen atoms in total. The summed E-state index contributed by atoms with van der Waals surface area (Å²) in [6.07, 6.45) is 15.4. The van der Waals surface area contributed by atoms with Crippen molar-refractivity contribution in [1.29, 1.82) is 0 Å². The first-order chi connectivity index (χ1) is 43.3. The van der Waals surface area contributed by atoms with Crippen LogP contribution in [0.5, 0.6) is 0 Å². The summed E-state index contributed by atoms with van der Waals surface area (Å²) in [4.78, 5) is 60.4. The maximum absolute atomic E-state index is 15.1. The molecule has 10 unspecified atom stereocenters. The standard InChI is InChI=1S/C16H25BF2N2O3.C14H20F2O2.C14H22O4.C13H18F2O2.C13H20O4/c18-15-5-10-4-14(7-15,8-16(19,6-10)9-15)12(20)13(22)21-3-1-2-11(21)17(23)24;1-9(11(17)18-2)12-3-10-4-13(15,6-12)8-14(16,5-10)7-12;1-9(11(15)18-2)12-3-10-4-13(16,6-12)8-14(17,5-10)7-12;1-8(10(16)17)11-2-9-3-12(14,5-11)7-13(15,4-9)6-11;1-8(10(14)15)11-2-9-3-12(16,5-11)7-13(17,4-9)6-11/h10-12,23-24H,1-9,20H2;9-10H,3-8H2,1-2H3;9-10,16-17H,3-8H2,1-2H3;8-9H,2-7H2,1H3,(H,16,17);8-9,16-17H,2-7H2,1H3,(H,14,15)/t10?,11-,12+,14?,15?,16?;2*9-,10?,12?,13?,14?;2*8-,9?,11?,12?,13?/m01111/s1. The van der Waals surface area contributed by atoms with E-state index in [1.54, 1.807) is 20.8 Å². The average molecular weight is 1340 g/mol. The van der Waals surface area contributed by atoms with Gasteiger partial charge >= 0.3 is 31.0 Å². The lowest BCUT2D eigenvalue weighted by Gasteiger charge is -2.64. The second kappa shape index (κ2) is 22.9. The third kappa shape index (κ3) is 12.5. The fourth-order valence-corrected chi connectivity index (χ4v) is 27.1. The molecule has 1 aliphatic heterocycles. The van der Waals surface area contributed by atoms with Gasteiger partial charge in [0.15, 0.2) is 0 Å². The van der Waals surface area contributed by atoms with Gasteiger partial charge in [-0.2, -0.15) is 0 Å². The first-order valence-corrected chi connectivity index (χ1v) is 35.3. The van der Waals surface area contributed by atoms with Gasteiger partial charge in [-0.05, 0) is 225 Å². The van der Waals surface area contributed by atoms with Gasteiger partial charge in [-0.15, -0.1) is 0 Å². The lowest BCUT2D eigenvalue weighted by Crippen LogP contribution is -2.67. The van der Waals surface area contributed by atoms with E-state index in [1.165, 1.54) is 19.1 Å². The van der Waals surface area contributed by atoms with E-state index in [4.69, 9.17) is 20.3 Å². The number of amides is 1. The number of esters is 2. The Morgan fingerprint density at radius 3 is 0.957 bits per heavy atom. The van der Waals surface area contributed by atoms with Crippen LogP contribution in [0.1, 0.15) is 233 Å². The molecule has 21 rings (SSSR count). The molecular formula is C70H105BF6N2O15. The number of hydrogen-bond donors (Lipinski definition) is 9. The first-order valence-electron chi connectivity index (χ1n) is 35.3. The molecule has 20 bridgehead atoms. The summed E-state index contributed by atoms with van der Waals surface area (Å²) in [6, 6.07) is -0.981. The predicted octanol–water partition coefficient (Wildman–Crippen LogP) is 9.42. The molecule has 24 heteroatoms. The number of carboxylic acids is 2. The van der Waals surface area contributed by atoms with Crippen LogP contribution in [-0.4, -0.2) is 172 Å². The number of carbonyl (C=O) groups is 5. The smallest absolute Gasteiger partial charge is 0.475 e. The number of carbonyl (C=O) groups excluding carboxylic acids is 3. The summed E-state index contributed by atoms with van der Waals surface area (Å²) < 4.78 is 98.4. The second-order valence-corrected chi connectivity index (χ2v) is 36.4. The summed E-state index contributed by atoms with van der Waals surface area (Å²) in [5, 5.41) is 79.6. The zero-order valence-corrected chi connectivity index (χ0v) is 56.0. The molecule has 94 heavy (non-hydrogen) atoms. The van der Waals surface area contributed by atoms with Gasteiger partial charge < -0.3 is 60.8 Å². The number of hydrogen-bond acceptors (Lipinski definition) is 14.